The number of hydrogen-bond acceptors (Lipinski definition) is 1. The van der Waals surface area contributed by atoms with Crippen LogP contribution in [0.5, 0.6) is 0 Å². The second kappa shape index (κ2) is 4.99. The van der Waals surface area contributed by atoms with E-state index < -0.39 is 6.10 Å². The average Bonchev–Trinajstić information content (AvgIpc) is 2.03. The lowest BCUT2D eigenvalue weighted by Gasteiger charge is -2.10. The van der Waals surface area contributed by atoms with E-state index in [9.17, 15) is 5.11 Å². The minimum Gasteiger partial charge on any atom is -0.388 e. The molecule has 1 unspecified atom stereocenters. The van der Waals surface area contributed by atoms with Gasteiger partial charge in [-0.25, -0.2) is 0 Å². The minimum atomic E-state index is -0.403. The normalized spacial score (nSPS) is 12.9. The summed E-state index contributed by atoms with van der Waals surface area (Å²) in [6.45, 7) is 2.04. The Morgan fingerprint density at radius 1 is 1.46 bits per heavy atom. The van der Waals surface area contributed by atoms with Gasteiger partial charge in [-0.1, -0.05) is 40.9 Å². The number of aliphatic hydroxyl groups is 1. The summed E-state index contributed by atoms with van der Waals surface area (Å²) in [5, 5.41) is 10.3. The van der Waals surface area contributed by atoms with Gasteiger partial charge in [-0.05, 0) is 30.2 Å². The number of hydrogen-bond donors (Lipinski definition) is 1. The quantitative estimate of drug-likeness (QED) is 0.876. The summed E-state index contributed by atoms with van der Waals surface area (Å²) in [7, 11) is 0. The molecule has 0 saturated heterocycles. The van der Waals surface area contributed by atoms with Crippen molar-refractivity contribution in [2.24, 2.45) is 0 Å². The van der Waals surface area contributed by atoms with Gasteiger partial charge in [0.1, 0.15) is 0 Å². The van der Waals surface area contributed by atoms with E-state index in [2.05, 4.69) is 15.9 Å². The molecule has 0 aliphatic carbocycles. The molecular weight excluding hydrogens is 251 g/mol. The Labute approximate surface area is 91.9 Å². The first kappa shape index (κ1) is 11.0. The zero-order chi connectivity index (χ0) is 9.84. The molecule has 1 N–H and O–H groups in total. The molecule has 0 heterocycles. The van der Waals surface area contributed by atoms with Crippen LogP contribution in [0.15, 0.2) is 22.7 Å². The molecule has 72 valence electrons. The van der Waals surface area contributed by atoms with E-state index >= 15 is 0 Å². The van der Waals surface area contributed by atoms with E-state index in [0.717, 1.165) is 22.9 Å². The lowest BCUT2D eigenvalue weighted by atomic mass is 10.1. The third-order valence-corrected chi connectivity index (χ3v) is 2.51. The van der Waals surface area contributed by atoms with Gasteiger partial charge in [0, 0.05) is 9.50 Å². The molecule has 0 fully saturated rings. The maximum atomic E-state index is 9.69. The fraction of sp³-hybridized carbons (Fsp3) is 0.400. The van der Waals surface area contributed by atoms with Crippen LogP contribution in [0, 0.1) is 0 Å². The lowest BCUT2D eigenvalue weighted by Crippen LogP contribution is -1.96. The molecule has 0 aliphatic rings. The minimum absolute atomic E-state index is 0.403. The molecule has 0 bridgehead atoms. The first-order valence-electron chi connectivity index (χ1n) is 4.27. The maximum Gasteiger partial charge on any atom is 0.0790 e. The summed E-state index contributed by atoms with van der Waals surface area (Å²) in [6.07, 6.45) is 1.33. The van der Waals surface area contributed by atoms with Gasteiger partial charge in [0.05, 0.1) is 6.10 Å². The van der Waals surface area contributed by atoms with Gasteiger partial charge in [-0.3, -0.25) is 0 Å². The lowest BCUT2D eigenvalue weighted by molar-refractivity contribution is 0.166. The predicted molar refractivity (Wildman–Crippen MR) is 59.0 cm³/mol. The van der Waals surface area contributed by atoms with Crippen molar-refractivity contribution in [3.05, 3.63) is 33.3 Å². The number of halogens is 2. The summed E-state index contributed by atoms with van der Waals surface area (Å²) in [6, 6.07) is 5.50. The number of aliphatic hydroxyl groups excluding tert-OH is 1. The SMILES string of the molecule is CCCC(O)c1cc(Cl)cc(Br)c1. The van der Waals surface area contributed by atoms with Crippen molar-refractivity contribution in [3.63, 3.8) is 0 Å². The molecule has 1 rings (SSSR count). The summed E-state index contributed by atoms with van der Waals surface area (Å²) in [5.41, 5.74) is 0.876. The molecule has 0 saturated carbocycles. The molecule has 3 heteroatoms. The number of rotatable bonds is 3. The van der Waals surface area contributed by atoms with Gasteiger partial charge >= 0.3 is 0 Å². The van der Waals surface area contributed by atoms with Crippen molar-refractivity contribution in [3.8, 4) is 0 Å². The standard InChI is InChI=1S/C10H12BrClO/c1-2-3-10(13)7-4-8(11)6-9(12)5-7/h4-6,10,13H,2-3H2,1H3. The van der Waals surface area contributed by atoms with Crippen molar-refractivity contribution in [1.29, 1.82) is 0 Å². The Balaban J connectivity index is 2.87. The van der Waals surface area contributed by atoms with E-state index in [-0.39, 0.29) is 0 Å². The van der Waals surface area contributed by atoms with Crippen LogP contribution in [0.3, 0.4) is 0 Å². The zero-order valence-corrected chi connectivity index (χ0v) is 9.77. The van der Waals surface area contributed by atoms with Gasteiger partial charge in [0.2, 0.25) is 0 Å². The molecule has 0 radical (unpaired) electrons. The molecule has 0 amide bonds. The highest BCUT2D eigenvalue weighted by molar-refractivity contribution is 9.10. The monoisotopic (exact) mass is 262 g/mol. The molecule has 1 atom stereocenters. The molecule has 1 aromatic rings. The Morgan fingerprint density at radius 2 is 2.15 bits per heavy atom. The predicted octanol–water partition coefficient (Wildman–Crippen LogP) is 3.94. The van der Waals surface area contributed by atoms with Crippen LogP contribution in [0.4, 0.5) is 0 Å². The van der Waals surface area contributed by atoms with Crippen LogP contribution < -0.4 is 0 Å². The van der Waals surface area contributed by atoms with Crippen molar-refractivity contribution in [1.82, 2.24) is 0 Å². The van der Waals surface area contributed by atoms with Crippen molar-refractivity contribution in [2.75, 3.05) is 0 Å². The topological polar surface area (TPSA) is 20.2 Å². The van der Waals surface area contributed by atoms with Crippen LogP contribution in [-0.4, -0.2) is 5.11 Å². The van der Waals surface area contributed by atoms with Gasteiger partial charge in [-0.2, -0.15) is 0 Å². The van der Waals surface area contributed by atoms with E-state index in [4.69, 9.17) is 11.6 Å². The number of benzene rings is 1. The highest BCUT2D eigenvalue weighted by Gasteiger charge is 2.07. The Morgan fingerprint density at radius 3 is 2.69 bits per heavy atom. The fourth-order valence-corrected chi connectivity index (χ4v) is 2.09. The van der Waals surface area contributed by atoms with Crippen molar-refractivity contribution >= 4 is 27.5 Å². The molecule has 0 spiro atoms. The summed E-state index contributed by atoms with van der Waals surface area (Å²) >= 11 is 9.19. The third-order valence-electron chi connectivity index (χ3n) is 1.83. The van der Waals surface area contributed by atoms with E-state index in [1.54, 1.807) is 6.07 Å². The van der Waals surface area contributed by atoms with E-state index in [1.165, 1.54) is 0 Å². The zero-order valence-electron chi connectivity index (χ0n) is 7.43. The first-order chi connectivity index (χ1) is 6.13. The second-order valence-electron chi connectivity index (χ2n) is 3.01. The van der Waals surface area contributed by atoms with Crippen LogP contribution in [-0.2, 0) is 0 Å². The average molecular weight is 264 g/mol. The fourth-order valence-electron chi connectivity index (χ4n) is 1.21. The molecular formula is C10H12BrClO. The van der Waals surface area contributed by atoms with Gasteiger partial charge in [0.15, 0.2) is 0 Å². The van der Waals surface area contributed by atoms with E-state index in [0.29, 0.717) is 5.02 Å². The van der Waals surface area contributed by atoms with Crippen molar-refractivity contribution in [2.45, 2.75) is 25.9 Å². The third kappa shape index (κ3) is 3.29. The van der Waals surface area contributed by atoms with Crippen LogP contribution in [0.1, 0.15) is 31.4 Å². The molecule has 0 aromatic heterocycles. The van der Waals surface area contributed by atoms with Gasteiger partial charge in [-0.15, -0.1) is 0 Å². The van der Waals surface area contributed by atoms with Crippen molar-refractivity contribution < 1.29 is 5.11 Å². The van der Waals surface area contributed by atoms with Crippen LogP contribution in [0.2, 0.25) is 5.02 Å². The van der Waals surface area contributed by atoms with E-state index in [1.807, 2.05) is 19.1 Å². The summed E-state index contributed by atoms with van der Waals surface area (Å²) in [4.78, 5) is 0. The Bertz CT molecular complexity index is 268. The first-order valence-corrected chi connectivity index (χ1v) is 5.44. The van der Waals surface area contributed by atoms with Crippen LogP contribution in [0.25, 0.3) is 0 Å². The summed E-state index contributed by atoms with van der Waals surface area (Å²) in [5.74, 6) is 0. The maximum absolute atomic E-state index is 9.69. The van der Waals surface area contributed by atoms with Gasteiger partial charge in [0.25, 0.3) is 0 Å². The Kier molecular flexibility index (Phi) is 4.23. The Hall–Kier alpha value is -0.0500. The summed E-state index contributed by atoms with van der Waals surface area (Å²) < 4.78 is 0.908. The molecule has 13 heavy (non-hydrogen) atoms. The smallest absolute Gasteiger partial charge is 0.0790 e. The highest BCUT2D eigenvalue weighted by Crippen LogP contribution is 2.25. The van der Waals surface area contributed by atoms with Crippen LogP contribution >= 0.6 is 27.5 Å². The highest BCUT2D eigenvalue weighted by atomic mass is 79.9. The largest absolute Gasteiger partial charge is 0.388 e. The molecule has 1 nitrogen and oxygen atoms in total. The molecule has 1 aromatic carbocycles. The second-order valence-corrected chi connectivity index (χ2v) is 4.36. The van der Waals surface area contributed by atoms with Gasteiger partial charge < -0.3 is 5.11 Å². The molecule has 0 aliphatic heterocycles.